The highest BCUT2D eigenvalue weighted by atomic mass is 16.3. The maximum atomic E-state index is 8.63. The fourth-order valence-corrected chi connectivity index (χ4v) is 1.44. The average molecular weight is 255 g/mol. The molecule has 0 spiro atoms. The second-order valence-corrected chi connectivity index (χ2v) is 4.37. The Morgan fingerprint density at radius 1 is 0.895 bits per heavy atom. The number of allylic oxidation sites excluding steroid dienone is 1. The van der Waals surface area contributed by atoms with E-state index in [2.05, 4.69) is 36.5 Å². The molecule has 2 aromatic rings. The van der Waals surface area contributed by atoms with Crippen LogP contribution in [0, 0.1) is 0 Å². The molecule has 0 heterocycles. The van der Waals surface area contributed by atoms with Gasteiger partial charge >= 0.3 is 0 Å². The highest BCUT2D eigenvalue weighted by molar-refractivity contribution is 5.18. The van der Waals surface area contributed by atoms with Crippen LogP contribution in [0.3, 0.4) is 0 Å². The predicted octanol–water partition coefficient (Wildman–Crippen LogP) is 3.70. The molecule has 0 unspecified atom stereocenters. The van der Waals surface area contributed by atoms with E-state index in [9.17, 15) is 0 Å². The maximum absolute atomic E-state index is 8.63. The van der Waals surface area contributed by atoms with Gasteiger partial charge in [-0.15, -0.1) is 0 Å². The summed E-state index contributed by atoms with van der Waals surface area (Å²) in [7, 11) is 4.06. The molecule has 0 atom stereocenters. The van der Waals surface area contributed by atoms with E-state index >= 15 is 0 Å². The van der Waals surface area contributed by atoms with Crippen LogP contribution in [0.1, 0.15) is 5.56 Å². The molecule has 0 amide bonds. The molecular formula is C17H21NO. The summed E-state index contributed by atoms with van der Waals surface area (Å²) in [5.41, 5.74) is 1.36. The van der Waals surface area contributed by atoms with Crippen LogP contribution in [0.5, 0.6) is 5.75 Å². The number of hydrogen-bond donors (Lipinski definition) is 1. The van der Waals surface area contributed by atoms with E-state index in [1.54, 1.807) is 24.3 Å². The lowest BCUT2D eigenvalue weighted by atomic mass is 10.1. The van der Waals surface area contributed by atoms with Gasteiger partial charge in [-0.25, -0.2) is 0 Å². The number of para-hydroxylation sites is 1. The molecule has 100 valence electrons. The molecule has 0 aliphatic rings. The lowest BCUT2D eigenvalue weighted by molar-refractivity contribution is 0.475. The number of nitrogens with zero attached hydrogens (tertiary/aromatic N) is 1. The van der Waals surface area contributed by atoms with Crippen molar-refractivity contribution in [1.29, 1.82) is 0 Å². The molecule has 0 fully saturated rings. The zero-order chi connectivity index (χ0) is 13.9. The second kappa shape index (κ2) is 8.81. The molecule has 0 saturated carbocycles. The summed E-state index contributed by atoms with van der Waals surface area (Å²) in [6, 6.07) is 19.2. The van der Waals surface area contributed by atoms with Gasteiger partial charge in [0.1, 0.15) is 5.75 Å². The summed E-state index contributed by atoms with van der Waals surface area (Å²) in [5.74, 6) is 0.322. The van der Waals surface area contributed by atoms with Gasteiger partial charge in [0, 0.05) is 14.1 Å². The van der Waals surface area contributed by atoms with Gasteiger partial charge in [-0.2, -0.15) is 0 Å². The van der Waals surface area contributed by atoms with E-state index in [1.807, 2.05) is 31.1 Å². The van der Waals surface area contributed by atoms with Gasteiger partial charge in [0.05, 0.1) is 0 Å². The second-order valence-electron chi connectivity index (χ2n) is 4.37. The molecule has 2 rings (SSSR count). The first-order chi connectivity index (χ1) is 9.18. The molecule has 0 bridgehead atoms. The van der Waals surface area contributed by atoms with Gasteiger partial charge in [-0.05, 0) is 30.3 Å². The molecule has 0 saturated heterocycles. The minimum absolute atomic E-state index is 0.322. The topological polar surface area (TPSA) is 23.5 Å². The van der Waals surface area contributed by atoms with Crippen molar-refractivity contribution in [2.24, 2.45) is 0 Å². The van der Waals surface area contributed by atoms with Gasteiger partial charge in [0.15, 0.2) is 0 Å². The number of hydrogen-bond acceptors (Lipinski definition) is 2. The summed E-state index contributed by atoms with van der Waals surface area (Å²) in [6.07, 6.45) is 5.25. The zero-order valence-corrected chi connectivity index (χ0v) is 11.5. The van der Waals surface area contributed by atoms with Crippen LogP contribution in [-0.2, 0) is 6.42 Å². The largest absolute Gasteiger partial charge is 0.508 e. The van der Waals surface area contributed by atoms with E-state index in [0.29, 0.717) is 5.75 Å². The number of benzene rings is 2. The van der Waals surface area contributed by atoms with Gasteiger partial charge in [-0.1, -0.05) is 54.6 Å². The van der Waals surface area contributed by atoms with Gasteiger partial charge in [0.25, 0.3) is 0 Å². The molecule has 19 heavy (non-hydrogen) atoms. The summed E-state index contributed by atoms with van der Waals surface area (Å²) >= 11 is 0. The Balaban J connectivity index is 0.000000218. The van der Waals surface area contributed by atoms with Crippen LogP contribution >= 0.6 is 0 Å². The standard InChI is InChI=1S/C11H15N.C6H6O/c1-12(2)10-6-9-11-7-4-3-5-8-11;7-6-4-2-1-3-5-6/h3-8,10H,9H2,1-2H3;1-5,7H. The van der Waals surface area contributed by atoms with Gasteiger partial charge in [0.2, 0.25) is 0 Å². The van der Waals surface area contributed by atoms with Crippen LogP contribution in [0.4, 0.5) is 0 Å². The molecule has 2 nitrogen and oxygen atoms in total. The minimum Gasteiger partial charge on any atom is -0.508 e. The molecule has 0 radical (unpaired) electrons. The van der Waals surface area contributed by atoms with E-state index in [4.69, 9.17) is 5.11 Å². The van der Waals surface area contributed by atoms with Crippen LogP contribution in [0.15, 0.2) is 72.9 Å². The van der Waals surface area contributed by atoms with Crippen molar-refractivity contribution in [2.45, 2.75) is 6.42 Å². The molecule has 2 aromatic carbocycles. The SMILES string of the molecule is CN(C)C=CCc1ccccc1.Oc1ccccc1. The van der Waals surface area contributed by atoms with Crippen molar-refractivity contribution >= 4 is 0 Å². The van der Waals surface area contributed by atoms with Gasteiger partial charge < -0.3 is 10.0 Å². The predicted molar refractivity (Wildman–Crippen MR) is 81.1 cm³/mol. The first kappa shape index (κ1) is 14.8. The lowest BCUT2D eigenvalue weighted by Crippen LogP contribution is -2.00. The van der Waals surface area contributed by atoms with Crippen LogP contribution in [0.2, 0.25) is 0 Å². The van der Waals surface area contributed by atoms with E-state index in [0.717, 1.165) is 6.42 Å². The Bertz CT molecular complexity index is 463. The molecule has 0 aliphatic carbocycles. The number of phenols is 1. The van der Waals surface area contributed by atoms with Crippen molar-refractivity contribution in [1.82, 2.24) is 4.90 Å². The van der Waals surface area contributed by atoms with Crippen molar-refractivity contribution in [3.63, 3.8) is 0 Å². The molecular weight excluding hydrogens is 234 g/mol. The summed E-state index contributed by atoms with van der Waals surface area (Å²) < 4.78 is 0. The number of phenolic OH excluding ortho intramolecular Hbond substituents is 1. The lowest BCUT2D eigenvalue weighted by Gasteiger charge is -2.02. The van der Waals surface area contributed by atoms with Crippen LogP contribution < -0.4 is 0 Å². The van der Waals surface area contributed by atoms with Crippen molar-refractivity contribution in [3.05, 3.63) is 78.5 Å². The average Bonchev–Trinajstić information content (AvgIpc) is 2.41. The van der Waals surface area contributed by atoms with Crippen molar-refractivity contribution in [3.8, 4) is 5.75 Å². The fraction of sp³-hybridized carbons (Fsp3) is 0.176. The third-order valence-electron chi connectivity index (χ3n) is 2.36. The van der Waals surface area contributed by atoms with Crippen LogP contribution in [0.25, 0.3) is 0 Å². The highest BCUT2D eigenvalue weighted by Gasteiger charge is 1.85. The molecule has 0 aliphatic heterocycles. The Labute approximate surface area is 115 Å². The third-order valence-corrected chi connectivity index (χ3v) is 2.36. The normalized spacial score (nSPS) is 9.79. The Morgan fingerprint density at radius 3 is 1.84 bits per heavy atom. The van der Waals surface area contributed by atoms with Crippen molar-refractivity contribution in [2.75, 3.05) is 14.1 Å². The number of rotatable bonds is 3. The van der Waals surface area contributed by atoms with E-state index < -0.39 is 0 Å². The summed E-state index contributed by atoms with van der Waals surface area (Å²) in [5, 5.41) is 8.63. The highest BCUT2D eigenvalue weighted by Crippen LogP contribution is 2.02. The fourth-order valence-electron chi connectivity index (χ4n) is 1.44. The molecule has 0 aromatic heterocycles. The number of aromatic hydroxyl groups is 1. The maximum Gasteiger partial charge on any atom is 0.115 e. The molecule has 1 N–H and O–H groups in total. The Kier molecular flexibility index (Phi) is 6.88. The minimum atomic E-state index is 0.322. The summed E-state index contributed by atoms with van der Waals surface area (Å²) in [6.45, 7) is 0. The van der Waals surface area contributed by atoms with E-state index in [1.165, 1.54) is 5.56 Å². The zero-order valence-electron chi connectivity index (χ0n) is 11.5. The van der Waals surface area contributed by atoms with Gasteiger partial charge in [-0.3, -0.25) is 0 Å². The smallest absolute Gasteiger partial charge is 0.115 e. The summed E-state index contributed by atoms with van der Waals surface area (Å²) in [4.78, 5) is 2.04. The monoisotopic (exact) mass is 255 g/mol. The molecule has 2 heteroatoms. The Hall–Kier alpha value is -2.22. The quantitative estimate of drug-likeness (QED) is 0.904. The third kappa shape index (κ3) is 7.66. The van der Waals surface area contributed by atoms with Crippen molar-refractivity contribution < 1.29 is 5.11 Å². The first-order valence-electron chi connectivity index (χ1n) is 6.29. The van der Waals surface area contributed by atoms with Crippen LogP contribution in [-0.4, -0.2) is 24.1 Å². The first-order valence-corrected chi connectivity index (χ1v) is 6.29. The Morgan fingerprint density at radius 2 is 1.42 bits per heavy atom. The van der Waals surface area contributed by atoms with E-state index in [-0.39, 0.29) is 0 Å².